The van der Waals surface area contributed by atoms with Gasteiger partial charge in [0.1, 0.15) is 16.4 Å². The van der Waals surface area contributed by atoms with E-state index in [0.717, 1.165) is 0 Å². The summed E-state index contributed by atoms with van der Waals surface area (Å²) in [5.74, 6) is 0.373. The molecule has 0 saturated heterocycles. The number of hydrogen-bond donors (Lipinski definition) is 0. The van der Waals surface area contributed by atoms with Gasteiger partial charge in [-0.1, -0.05) is 57.0 Å². The van der Waals surface area contributed by atoms with Gasteiger partial charge in [-0.25, -0.2) is 0 Å². The summed E-state index contributed by atoms with van der Waals surface area (Å²) in [7, 11) is -4.16. The van der Waals surface area contributed by atoms with E-state index in [0.29, 0.717) is 58.9 Å². The predicted molar refractivity (Wildman–Crippen MR) is 145 cm³/mol. The molecule has 0 atom stereocenters. The summed E-state index contributed by atoms with van der Waals surface area (Å²) in [5, 5.41) is 0.439. The van der Waals surface area contributed by atoms with Gasteiger partial charge >= 0.3 is 10.1 Å². The first kappa shape index (κ1) is 27.0. The molecule has 2 aromatic rings. The van der Waals surface area contributed by atoms with Crippen LogP contribution in [0.4, 0.5) is 0 Å². The van der Waals surface area contributed by atoms with E-state index in [2.05, 4.69) is 0 Å². The highest BCUT2D eigenvalue weighted by Gasteiger charge is 2.47. The van der Waals surface area contributed by atoms with Crippen molar-refractivity contribution in [1.82, 2.24) is 0 Å². The molecular formula is C29H28Cl2O6S. The third-order valence-electron chi connectivity index (χ3n) is 7.17. The first-order chi connectivity index (χ1) is 17.7. The van der Waals surface area contributed by atoms with Gasteiger partial charge in [0.25, 0.3) is 0 Å². The molecule has 9 heteroatoms. The Morgan fingerprint density at radius 1 is 0.816 bits per heavy atom. The van der Waals surface area contributed by atoms with Crippen LogP contribution in [0.3, 0.4) is 0 Å². The van der Waals surface area contributed by atoms with Crippen molar-refractivity contribution in [3.05, 3.63) is 80.7 Å². The molecule has 2 aromatic carbocycles. The normalized spacial score (nSPS) is 21.1. The van der Waals surface area contributed by atoms with Crippen LogP contribution in [0.1, 0.15) is 64.9 Å². The summed E-state index contributed by atoms with van der Waals surface area (Å²) in [5.41, 5.74) is 1.04. The van der Waals surface area contributed by atoms with E-state index < -0.39 is 16.0 Å². The third kappa shape index (κ3) is 5.04. The molecular weight excluding hydrogens is 547 g/mol. The van der Waals surface area contributed by atoms with Crippen LogP contribution < -0.4 is 4.18 Å². The lowest BCUT2D eigenvalue weighted by molar-refractivity contribution is -0.120. The van der Waals surface area contributed by atoms with Crippen molar-refractivity contribution in [2.45, 2.75) is 64.2 Å². The molecule has 0 radical (unpaired) electrons. The Kier molecular flexibility index (Phi) is 6.56. The number of Topliss-reactive ketones (excluding diaryl/α,β-unsaturated/α-hetero) is 2. The van der Waals surface area contributed by atoms with E-state index in [1.807, 2.05) is 27.7 Å². The first-order valence-corrected chi connectivity index (χ1v) is 14.5. The Hall–Kier alpha value is -2.61. The predicted octanol–water partition coefficient (Wildman–Crippen LogP) is 7.16. The van der Waals surface area contributed by atoms with Crippen LogP contribution in [-0.4, -0.2) is 20.0 Å². The minimum absolute atomic E-state index is 0.0445. The van der Waals surface area contributed by atoms with E-state index >= 15 is 0 Å². The minimum Gasteiger partial charge on any atom is -0.465 e. The number of carbonyl (C=O) groups is 2. The zero-order chi connectivity index (χ0) is 27.6. The second-order valence-corrected chi connectivity index (χ2v) is 14.2. The number of carbonyl (C=O) groups excluding carboxylic acids is 2. The Morgan fingerprint density at radius 2 is 1.34 bits per heavy atom. The van der Waals surface area contributed by atoms with Crippen LogP contribution in [0.25, 0.3) is 0 Å². The van der Waals surface area contributed by atoms with Gasteiger partial charge in [0, 0.05) is 47.8 Å². The highest BCUT2D eigenvalue weighted by molar-refractivity contribution is 7.87. The molecule has 0 fully saturated rings. The number of rotatable bonds is 4. The Morgan fingerprint density at radius 3 is 1.84 bits per heavy atom. The third-order valence-corrected chi connectivity index (χ3v) is 8.97. The van der Waals surface area contributed by atoms with Crippen molar-refractivity contribution in [2.75, 3.05) is 0 Å². The zero-order valence-electron chi connectivity index (χ0n) is 21.6. The van der Waals surface area contributed by atoms with Crippen LogP contribution >= 0.6 is 23.2 Å². The van der Waals surface area contributed by atoms with Crippen molar-refractivity contribution >= 4 is 44.9 Å². The molecule has 200 valence electrons. The van der Waals surface area contributed by atoms with Gasteiger partial charge in [0.15, 0.2) is 17.3 Å². The van der Waals surface area contributed by atoms with Gasteiger partial charge in [-0.2, -0.15) is 8.42 Å². The molecule has 38 heavy (non-hydrogen) atoms. The maximum Gasteiger partial charge on any atom is 0.339 e. The number of benzene rings is 2. The summed E-state index contributed by atoms with van der Waals surface area (Å²) in [4.78, 5) is 26.8. The van der Waals surface area contributed by atoms with E-state index in [1.165, 1.54) is 30.3 Å². The summed E-state index contributed by atoms with van der Waals surface area (Å²) in [6.45, 7) is 8.10. The monoisotopic (exact) mass is 574 g/mol. The zero-order valence-corrected chi connectivity index (χ0v) is 23.9. The summed E-state index contributed by atoms with van der Waals surface area (Å²) in [6, 6.07) is 10.3. The number of halogens is 2. The van der Waals surface area contributed by atoms with Gasteiger partial charge in [-0.3, -0.25) is 9.59 Å². The molecule has 0 spiro atoms. The van der Waals surface area contributed by atoms with Crippen LogP contribution in [0, 0.1) is 10.8 Å². The highest BCUT2D eigenvalue weighted by Crippen LogP contribution is 2.53. The molecule has 1 heterocycles. The summed E-state index contributed by atoms with van der Waals surface area (Å²) >= 11 is 12.4. The maximum atomic E-state index is 13.4. The molecule has 0 N–H and O–H groups in total. The molecule has 0 aromatic heterocycles. The van der Waals surface area contributed by atoms with E-state index in [1.54, 1.807) is 12.1 Å². The average Bonchev–Trinajstić information content (AvgIpc) is 2.77. The number of hydrogen-bond acceptors (Lipinski definition) is 6. The highest BCUT2D eigenvalue weighted by atomic mass is 35.5. The molecule has 1 aliphatic heterocycles. The lowest BCUT2D eigenvalue weighted by Gasteiger charge is -2.42. The van der Waals surface area contributed by atoms with Gasteiger partial charge in [-0.05, 0) is 52.8 Å². The topological polar surface area (TPSA) is 86.7 Å². The van der Waals surface area contributed by atoms with Crippen molar-refractivity contribution in [1.29, 1.82) is 0 Å². The van der Waals surface area contributed by atoms with Gasteiger partial charge in [-0.15, -0.1) is 0 Å². The van der Waals surface area contributed by atoms with Crippen molar-refractivity contribution in [3.8, 4) is 5.75 Å². The smallest absolute Gasteiger partial charge is 0.339 e. The molecule has 0 saturated carbocycles. The molecule has 0 amide bonds. The Balaban J connectivity index is 1.57. The Labute approximate surface area is 232 Å². The molecule has 2 aliphatic carbocycles. The fourth-order valence-electron chi connectivity index (χ4n) is 5.54. The standard InChI is InChI=1S/C29H28Cl2O6S/c1-28(2)12-20(32)26-23(14-28)36-24-15-29(3,4)13-21(33)27(24)25(26)16-5-10-22(19(31)11-16)37-38(34,35)18-8-6-17(30)7-9-18/h5-11,25H,12-15H2,1-4H3. The van der Waals surface area contributed by atoms with Crippen molar-refractivity contribution < 1.29 is 26.9 Å². The lowest BCUT2D eigenvalue weighted by Crippen LogP contribution is -2.37. The molecule has 0 unspecified atom stereocenters. The average molecular weight is 576 g/mol. The minimum atomic E-state index is -4.16. The van der Waals surface area contributed by atoms with E-state index in [-0.39, 0.29) is 38.1 Å². The van der Waals surface area contributed by atoms with Gasteiger partial charge in [0.2, 0.25) is 0 Å². The fraction of sp³-hybridized carbons (Fsp3) is 0.379. The summed E-state index contributed by atoms with van der Waals surface area (Å²) in [6.07, 6.45) is 1.82. The van der Waals surface area contributed by atoms with Crippen molar-refractivity contribution in [2.24, 2.45) is 10.8 Å². The van der Waals surface area contributed by atoms with Crippen LogP contribution in [0.5, 0.6) is 5.75 Å². The molecule has 5 rings (SSSR count). The second-order valence-electron chi connectivity index (χ2n) is 11.8. The fourth-order valence-corrected chi connectivity index (χ4v) is 6.89. The Bertz CT molecular complexity index is 1480. The van der Waals surface area contributed by atoms with Crippen LogP contribution in [-0.2, 0) is 24.4 Å². The molecule has 0 bridgehead atoms. The number of ketones is 2. The quantitative estimate of drug-likeness (QED) is 0.360. The summed E-state index contributed by atoms with van der Waals surface area (Å²) < 4.78 is 37.2. The van der Waals surface area contributed by atoms with Crippen LogP contribution in [0.2, 0.25) is 10.0 Å². The van der Waals surface area contributed by atoms with Crippen LogP contribution in [0.15, 0.2) is 70.0 Å². The maximum absolute atomic E-state index is 13.4. The largest absolute Gasteiger partial charge is 0.465 e. The van der Waals surface area contributed by atoms with Crippen molar-refractivity contribution in [3.63, 3.8) is 0 Å². The first-order valence-electron chi connectivity index (χ1n) is 12.4. The number of ether oxygens (including phenoxy) is 1. The lowest BCUT2D eigenvalue weighted by atomic mass is 9.65. The van der Waals surface area contributed by atoms with E-state index in [9.17, 15) is 18.0 Å². The second kappa shape index (κ2) is 9.25. The molecule has 3 aliphatic rings. The van der Waals surface area contributed by atoms with Gasteiger partial charge < -0.3 is 8.92 Å². The van der Waals surface area contributed by atoms with Gasteiger partial charge in [0.05, 0.1) is 5.02 Å². The number of allylic oxidation sites excluding steroid dienone is 4. The van der Waals surface area contributed by atoms with E-state index in [4.69, 9.17) is 32.1 Å². The molecule has 6 nitrogen and oxygen atoms in total. The SMILES string of the molecule is CC1(C)CC(=O)C2=C(C1)OC1=C(C(=O)CC(C)(C)C1)C2c1ccc(OS(=O)(=O)c2ccc(Cl)cc2)c(Cl)c1.